The van der Waals surface area contributed by atoms with Gasteiger partial charge in [-0.05, 0) is 102 Å². The van der Waals surface area contributed by atoms with Gasteiger partial charge in [-0.25, -0.2) is 0 Å². The largest absolute Gasteiger partial charge is 1.00 e. The molecule has 3 nitrogen and oxygen atoms in total. The number of carbonyl (C=O) groups excluding carboxylic acids is 1. The van der Waals surface area contributed by atoms with E-state index in [9.17, 15) is 0 Å². The summed E-state index contributed by atoms with van der Waals surface area (Å²) < 4.78 is 0. The van der Waals surface area contributed by atoms with Crippen LogP contribution in [0.25, 0.3) is 0 Å². The molecule has 0 atom stereocenters. The molecule has 0 aliphatic rings. The zero-order valence-electron chi connectivity index (χ0n) is 22.2. The topological polar surface area (TPSA) is 53.0 Å². The Labute approximate surface area is 206 Å². The van der Waals surface area contributed by atoms with E-state index in [0.29, 0.717) is 20.6 Å². The third kappa shape index (κ3) is 13.3. The molecule has 0 radical (unpaired) electrons. The normalized spacial score (nSPS) is 12.9. The van der Waals surface area contributed by atoms with Crippen molar-refractivity contribution in [2.45, 2.75) is 123 Å². The second-order valence-electron chi connectivity index (χ2n) is 12.4. The van der Waals surface area contributed by atoms with Gasteiger partial charge in [-0.1, -0.05) is 6.07 Å². The number of nitrogens with zero attached hydrogens (tertiary/aromatic N) is 1. The van der Waals surface area contributed by atoms with Crippen molar-refractivity contribution in [2.75, 3.05) is 0 Å². The smallest absolute Gasteiger partial charge is 0.550 e. The summed E-state index contributed by atoms with van der Waals surface area (Å²) in [7, 11) is -1.17. The standard InChI is InChI=1S/C23H43NP2.C2H4O2.Cu/c1-20(2,3)25(21(4,5)6)16-18-14-13-15-19(24-18)17-26(22(7,8)9)23(10,11)12;1-2(3)4;/h13-15H,16-17H2,1-12H3;1H3,(H,3,4);/q;;+1/p+1. The first-order valence-corrected chi connectivity index (χ1v) is 14.4. The second-order valence-corrected chi connectivity index (χ2v) is 21.0. The molecule has 1 rings (SSSR count). The molecule has 184 valence electrons. The molecule has 1 aromatic rings. The maximum Gasteiger partial charge on any atom is 1.00 e. The van der Waals surface area contributed by atoms with Crippen molar-refractivity contribution >= 4 is 21.8 Å². The van der Waals surface area contributed by atoms with Crippen molar-refractivity contribution in [1.82, 2.24) is 4.98 Å². The zero-order chi connectivity index (χ0) is 24.1. The van der Waals surface area contributed by atoms with Gasteiger partial charge in [0.15, 0.2) is 0 Å². The minimum atomic E-state index is -1.08. The average Bonchev–Trinajstić information content (AvgIpc) is 2.45. The van der Waals surface area contributed by atoms with Crippen molar-refractivity contribution in [3.63, 3.8) is 0 Å². The fraction of sp³-hybridized carbons (Fsp3) is 0.760. The van der Waals surface area contributed by atoms with E-state index in [1.54, 1.807) is 0 Å². The van der Waals surface area contributed by atoms with E-state index in [0.717, 1.165) is 6.92 Å². The van der Waals surface area contributed by atoms with Crippen molar-refractivity contribution in [2.24, 2.45) is 0 Å². The molecular weight excluding hydrogens is 472 g/mol. The Kier molecular flexibility index (Phi) is 13.3. The molecule has 0 N–H and O–H groups in total. The number of hydrogen-bond acceptors (Lipinski definition) is 3. The Balaban J connectivity index is 0. The minimum absolute atomic E-state index is 0. The van der Waals surface area contributed by atoms with Crippen LogP contribution in [-0.4, -0.2) is 31.6 Å². The molecule has 0 aliphatic heterocycles. The van der Waals surface area contributed by atoms with Crippen molar-refractivity contribution in [1.29, 1.82) is 0 Å². The average molecular weight is 520 g/mol. The van der Waals surface area contributed by atoms with Gasteiger partial charge < -0.3 is 9.90 Å². The van der Waals surface area contributed by atoms with Crippen molar-refractivity contribution in [3.05, 3.63) is 29.6 Å². The third-order valence-electron chi connectivity index (χ3n) is 5.20. The van der Waals surface area contributed by atoms with Crippen LogP contribution < -0.4 is 5.11 Å². The first kappa shape index (κ1) is 33.2. The molecule has 0 amide bonds. The molecule has 0 aliphatic carbocycles. The Morgan fingerprint density at radius 3 is 1.16 bits per heavy atom. The van der Waals surface area contributed by atoms with Crippen LogP contribution >= 0.6 is 15.8 Å². The van der Waals surface area contributed by atoms with Gasteiger partial charge in [0.25, 0.3) is 0 Å². The quantitative estimate of drug-likeness (QED) is 0.339. The molecule has 0 spiro atoms. The SMILES string of the molecule is CC(=O)[O-].CC(C)(C)[PH+](Cc1cccc(C[PH+](C(C)(C)C)C(C)(C)C)n1)C(C)(C)C.[Cu+]. The Bertz CT molecular complexity index is 599. The van der Waals surface area contributed by atoms with E-state index in [-0.39, 0.29) is 17.1 Å². The number of carbonyl (C=O) groups is 1. The van der Waals surface area contributed by atoms with Gasteiger partial charge in [0.1, 0.15) is 0 Å². The number of pyridine rings is 1. The molecule has 0 saturated carbocycles. The van der Waals surface area contributed by atoms with Gasteiger partial charge in [-0.15, -0.1) is 0 Å². The van der Waals surface area contributed by atoms with Crippen LogP contribution in [0.2, 0.25) is 0 Å². The summed E-state index contributed by atoms with van der Waals surface area (Å²) in [4.78, 5) is 14.0. The summed E-state index contributed by atoms with van der Waals surface area (Å²) in [5.74, 6) is -1.08. The van der Waals surface area contributed by atoms with Crippen LogP contribution in [0.15, 0.2) is 18.2 Å². The van der Waals surface area contributed by atoms with Gasteiger partial charge in [-0.2, -0.15) is 0 Å². The maximum atomic E-state index is 8.89. The molecule has 0 bridgehead atoms. The molecule has 0 saturated heterocycles. The third-order valence-corrected chi connectivity index (χ3v) is 13.9. The van der Waals surface area contributed by atoms with E-state index < -0.39 is 21.8 Å². The number of hydrogen-bond donors (Lipinski definition) is 0. The molecule has 0 aromatic carbocycles. The first-order chi connectivity index (χ1) is 13.2. The molecule has 6 heteroatoms. The van der Waals surface area contributed by atoms with Crippen LogP contribution in [0.4, 0.5) is 0 Å². The second kappa shape index (κ2) is 12.5. The first-order valence-electron chi connectivity index (χ1n) is 11.0. The Morgan fingerprint density at radius 2 is 0.968 bits per heavy atom. The Morgan fingerprint density at radius 1 is 0.742 bits per heavy atom. The number of aliphatic carboxylic acids is 1. The van der Waals surface area contributed by atoms with Crippen LogP contribution in [-0.2, 0) is 34.2 Å². The number of carboxylic acid groups (broad SMARTS) is 1. The number of carboxylic acids is 1. The maximum absolute atomic E-state index is 8.89. The molecule has 1 aromatic heterocycles. The number of rotatable bonds is 4. The summed E-state index contributed by atoms with van der Waals surface area (Å²) in [6, 6.07) is 6.76. The summed E-state index contributed by atoms with van der Waals surface area (Å²) in [5, 5.41) is 10.4. The van der Waals surface area contributed by atoms with E-state index in [2.05, 4.69) is 101 Å². The fourth-order valence-electron chi connectivity index (χ4n) is 4.40. The predicted molar refractivity (Wildman–Crippen MR) is 138 cm³/mol. The van der Waals surface area contributed by atoms with Crippen LogP contribution in [0.3, 0.4) is 0 Å². The minimum Gasteiger partial charge on any atom is -0.550 e. The summed E-state index contributed by atoms with van der Waals surface area (Å²) in [6.45, 7) is 29.9. The van der Waals surface area contributed by atoms with Crippen LogP contribution in [0.5, 0.6) is 0 Å². The Hall–Kier alpha value is -0.000519. The number of aromatic nitrogens is 1. The van der Waals surface area contributed by atoms with E-state index in [4.69, 9.17) is 14.9 Å². The summed E-state index contributed by atoms with van der Waals surface area (Å²) in [5.41, 5.74) is 2.62. The van der Waals surface area contributed by atoms with Crippen LogP contribution in [0, 0.1) is 0 Å². The molecular formula is C25H48CuNO2P2+2. The van der Waals surface area contributed by atoms with Crippen molar-refractivity contribution in [3.8, 4) is 0 Å². The van der Waals surface area contributed by atoms with Gasteiger partial charge in [0, 0.05) is 21.8 Å². The van der Waals surface area contributed by atoms with Gasteiger partial charge >= 0.3 is 17.1 Å². The van der Waals surface area contributed by atoms with Crippen LogP contribution in [0.1, 0.15) is 101 Å². The fourth-order valence-corrected chi connectivity index (χ4v) is 12.1. The van der Waals surface area contributed by atoms with E-state index in [1.807, 2.05) is 0 Å². The monoisotopic (exact) mass is 519 g/mol. The summed E-state index contributed by atoms with van der Waals surface area (Å²) >= 11 is 0. The van der Waals surface area contributed by atoms with E-state index in [1.165, 1.54) is 23.7 Å². The van der Waals surface area contributed by atoms with Gasteiger partial charge in [0.2, 0.25) is 0 Å². The molecule has 1 heterocycles. The summed E-state index contributed by atoms with van der Waals surface area (Å²) in [6.07, 6.45) is 2.33. The van der Waals surface area contributed by atoms with Gasteiger partial charge in [0.05, 0.1) is 44.3 Å². The molecule has 0 fully saturated rings. The van der Waals surface area contributed by atoms with E-state index >= 15 is 0 Å². The molecule has 0 unspecified atom stereocenters. The van der Waals surface area contributed by atoms with Gasteiger partial charge in [-0.3, -0.25) is 4.98 Å². The van der Waals surface area contributed by atoms with Crippen molar-refractivity contribution < 1.29 is 27.0 Å². The zero-order valence-corrected chi connectivity index (χ0v) is 25.2. The predicted octanol–water partition coefficient (Wildman–Crippen LogP) is 6.46. The molecule has 31 heavy (non-hydrogen) atoms.